The summed E-state index contributed by atoms with van der Waals surface area (Å²) in [6.45, 7) is 4.47. The van der Waals surface area contributed by atoms with Crippen LogP contribution in [0.4, 0.5) is 0 Å². The molecule has 0 saturated carbocycles. The summed E-state index contributed by atoms with van der Waals surface area (Å²) in [6, 6.07) is 0. The maximum atomic E-state index is 14.2. The number of ketones is 6. The quantitative estimate of drug-likeness (QED) is 0.0353. The summed E-state index contributed by atoms with van der Waals surface area (Å²) in [4.78, 5) is 81.4. The van der Waals surface area contributed by atoms with Crippen molar-refractivity contribution in [3.05, 3.63) is 0 Å². The molecule has 1 rings (SSSR count). The van der Waals surface area contributed by atoms with Crippen LogP contribution in [0.3, 0.4) is 0 Å². The Hall–Kier alpha value is -2.34. The van der Waals surface area contributed by atoms with Crippen molar-refractivity contribution in [3.63, 3.8) is 0 Å². The smallest absolute Gasteiger partial charge is 0.237 e. The van der Waals surface area contributed by atoms with Gasteiger partial charge < -0.3 is 45.6 Å². The van der Waals surface area contributed by atoms with Crippen LogP contribution in [0.2, 0.25) is 0 Å². The number of carbonyl (C=O) groups is 6. The zero-order chi connectivity index (χ0) is 48.8. The number of rotatable bonds is 38. The number of aliphatic hydroxyl groups is 8. The van der Waals surface area contributed by atoms with E-state index in [2.05, 4.69) is 13.8 Å². The van der Waals surface area contributed by atoms with Crippen LogP contribution in [-0.2, 0) is 33.5 Å². The summed E-state index contributed by atoms with van der Waals surface area (Å²) in [6.07, 6.45) is 17.5. The lowest BCUT2D eigenvalue weighted by atomic mass is 9.52. The fourth-order valence-electron chi connectivity index (χ4n) is 9.58. The van der Waals surface area contributed by atoms with Crippen LogP contribution < -0.4 is 0 Å². The number of Topliss-reactive ketones (excluding diaryl/α,β-unsaturated/α-hetero) is 6. The van der Waals surface area contributed by atoms with Gasteiger partial charge in [-0.2, -0.15) is 0 Å². The molecule has 1 aliphatic rings. The Morgan fingerprint density at radius 1 is 0.469 bits per heavy atom. The first-order chi connectivity index (χ1) is 30.1. The van der Waals surface area contributed by atoms with Gasteiger partial charge in [0.1, 0.15) is 0 Å². The Bertz CT molecular complexity index is 1490. The van der Waals surface area contributed by atoms with Crippen LogP contribution in [0.1, 0.15) is 221 Å². The van der Waals surface area contributed by atoms with Crippen molar-refractivity contribution >= 4 is 34.7 Å². The molecule has 0 aromatic heterocycles. The van der Waals surface area contributed by atoms with E-state index in [9.17, 15) is 69.6 Å². The molecule has 1 aliphatic heterocycles. The highest BCUT2D eigenvalue weighted by Gasteiger charge is 2.89. The van der Waals surface area contributed by atoms with E-state index in [1.807, 2.05) is 0 Å². The van der Waals surface area contributed by atoms with Gasteiger partial charge in [-0.05, 0) is 40.5 Å². The van der Waals surface area contributed by atoms with Crippen LogP contribution in [0, 0.1) is 0 Å². The van der Waals surface area contributed by atoms with Gasteiger partial charge in [-0.3, -0.25) is 28.8 Å². The zero-order valence-corrected chi connectivity index (χ0v) is 40.1. The molecule has 0 spiro atoms. The van der Waals surface area contributed by atoms with Crippen molar-refractivity contribution < 1.29 is 74.4 Å². The summed E-state index contributed by atoms with van der Waals surface area (Å²) in [5, 5.41) is 95.1. The van der Waals surface area contributed by atoms with Crippen LogP contribution in [-0.4, -0.2) is 128 Å². The van der Waals surface area contributed by atoms with Crippen molar-refractivity contribution in [2.75, 3.05) is 6.61 Å². The highest BCUT2D eigenvalue weighted by atomic mass is 16.7. The Balaban J connectivity index is 3.45. The topological polar surface area (TPSA) is 273 Å². The molecule has 0 aliphatic carbocycles. The third-order valence-corrected chi connectivity index (χ3v) is 13.8. The number of unbranched alkanes of at least 4 members (excludes halogenated alkanes) is 24. The van der Waals surface area contributed by atoms with E-state index in [1.165, 1.54) is 70.6 Å². The minimum absolute atomic E-state index is 0.0385. The molecule has 4 unspecified atom stereocenters. The van der Waals surface area contributed by atoms with Crippen LogP contribution in [0.5, 0.6) is 0 Å². The lowest BCUT2D eigenvalue weighted by Crippen LogP contribution is -2.96. The molecule has 0 bridgehead atoms. The van der Waals surface area contributed by atoms with E-state index >= 15 is 0 Å². The lowest BCUT2D eigenvalue weighted by Gasteiger charge is -2.65. The predicted octanol–water partition coefficient (Wildman–Crippen LogP) is 5.54. The molecule has 372 valence electrons. The van der Waals surface area contributed by atoms with E-state index in [0.29, 0.717) is 47.0 Å². The first kappa shape index (κ1) is 59.7. The second-order valence-electron chi connectivity index (χ2n) is 18.6. The molecule has 8 N–H and O–H groups in total. The molecule has 1 fully saturated rings. The third kappa shape index (κ3) is 13.2. The molecule has 1 heterocycles. The van der Waals surface area contributed by atoms with Crippen molar-refractivity contribution in [2.45, 2.75) is 267 Å². The van der Waals surface area contributed by atoms with Gasteiger partial charge in [-0.25, -0.2) is 0 Å². The molecular weight excluding hydrogens is 829 g/mol. The Labute approximate surface area is 382 Å². The Morgan fingerprint density at radius 3 is 1.08 bits per heavy atom. The van der Waals surface area contributed by atoms with Gasteiger partial charge in [-0.1, -0.05) is 168 Å². The standard InChI is InChI=1S/C49H86O15/c1-7-9-11-13-15-17-19-21-23-25-27-29-31-33-40(55)42(57)45(59,41(56)34-32-30-28-26-24-22-20-18-16-14-12-10-8-2)43(58)49(63)48(62,39(6)54)47(61,38(5)53)46(60,37(4)52)44(35-50,64-49)36(3)51/h42-43,50,57-63H,7-35H2,1-6H3/t42?,43?,44-,45?,46+,47-,48-,49?/m0/s1. The number of ether oxygens (including phenoxy) is 1. The second kappa shape index (κ2) is 28.1. The van der Waals surface area contributed by atoms with Crippen molar-refractivity contribution in [1.82, 2.24) is 0 Å². The fraction of sp³-hybridized carbons (Fsp3) is 0.878. The average Bonchev–Trinajstić information content (AvgIpc) is 3.25. The second-order valence-corrected chi connectivity index (χ2v) is 18.6. The van der Waals surface area contributed by atoms with Gasteiger partial charge in [0.15, 0.2) is 58.1 Å². The van der Waals surface area contributed by atoms with E-state index < -0.39 is 100 Å². The molecule has 8 atom stereocenters. The van der Waals surface area contributed by atoms with Crippen LogP contribution >= 0.6 is 0 Å². The number of hydrogen-bond acceptors (Lipinski definition) is 15. The molecular formula is C49H86O15. The minimum Gasteiger partial charge on any atom is -0.393 e. The average molecular weight is 915 g/mol. The number of carbonyl (C=O) groups excluding carboxylic acids is 6. The SMILES string of the molecule is CCCCCCCCCCCCCCCC(=O)C(O)C(O)(C(=O)CCCCCCCCCCCCCCC)C(O)C1(O)O[C@@](CO)(C(C)=O)[C@](O)(C(C)=O)[C@@](O)(C(C)=O)[C@@]1(O)C(C)=O. The maximum absolute atomic E-state index is 14.2. The van der Waals surface area contributed by atoms with Crippen molar-refractivity contribution in [3.8, 4) is 0 Å². The molecule has 15 nitrogen and oxygen atoms in total. The molecule has 64 heavy (non-hydrogen) atoms. The van der Waals surface area contributed by atoms with Crippen molar-refractivity contribution in [2.24, 2.45) is 0 Å². The first-order valence-electron chi connectivity index (χ1n) is 24.5. The van der Waals surface area contributed by atoms with Crippen LogP contribution in [0.15, 0.2) is 0 Å². The largest absolute Gasteiger partial charge is 0.393 e. The van der Waals surface area contributed by atoms with Gasteiger partial charge in [0.25, 0.3) is 0 Å². The van der Waals surface area contributed by atoms with Gasteiger partial charge >= 0.3 is 0 Å². The van der Waals surface area contributed by atoms with Gasteiger partial charge in [-0.15, -0.1) is 0 Å². The van der Waals surface area contributed by atoms with E-state index in [0.717, 1.165) is 64.2 Å². The summed E-state index contributed by atoms with van der Waals surface area (Å²) < 4.78 is 5.38. The summed E-state index contributed by atoms with van der Waals surface area (Å²) in [7, 11) is 0. The molecule has 0 aromatic carbocycles. The van der Waals surface area contributed by atoms with E-state index in [4.69, 9.17) is 4.74 Å². The molecule has 0 aromatic rings. The highest BCUT2D eigenvalue weighted by Crippen LogP contribution is 2.57. The highest BCUT2D eigenvalue weighted by molar-refractivity contribution is 6.10. The van der Waals surface area contributed by atoms with Gasteiger partial charge in [0.2, 0.25) is 22.6 Å². The third-order valence-electron chi connectivity index (χ3n) is 13.8. The normalized spacial score (nSPS) is 26.5. The molecule has 1 saturated heterocycles. The van der Waals surface area contributed by atoms with Gasteiger partial charge in [0, 0.05) is 12.8 Å². The van der Waals surface area contributed by atoms with Gasteiger partial charge in [0.05, 0.1) is 6.61 Å². The number of aliphatic hydroxyl groups excluding tert-OH is 3. The summed E-state index contributed by atoms with van der Waals surface area (Å²) in [5.74, 6) is -14.3. The zero-order valence-electron chi connectivity index (χ0n) is 40.1. The van der Waals surface area contributed by atoms with E-state index in [-0.39, 0.29) is 12.8 Å². The monoisotopic (exact) mass is 915 g/mol. The Kier molecular flexibility index (Phi) is 26.2. The van der Waals surface area contributed by atoms with E-state index in [1.54, 1.807) is 0 Å². The molecule has 15 heteroatoms. The summed E-state index contributed by atoms with van der Waals surface area (Å²) in [5.41, 5.74) is -20.4. The molecule has 0 radical (unpaired) electrons. The van der Waals surface area contributed by atoms with Crippen molar-refractivity contribution in [1.29, 1.82) is 0 Å². The molecule has 0 amide bonds. The Morgan fingerprint density at radius 2 is 0.781 bits per heavy atom. The predicted molar refractivity (Wildman–Crippen MR) is 241 cm³/mol. The minimum atomic E-state index is -4.49. The summed E-state index contributed by atoms with van der Waals surface area (Å²) >= 11 is 0. The van der Waals surface area contributed by atoms with Crippen LogP contribution in [0.25, 0.3) is 0 Å². The lowest BCUT2D eigenvalue weighted by molar-refractivity contribution is -0.452. The first-order valence-corrected chi connectivity index (χ1v) is 24.5. The number of hydrogen-bond donors (Lipinski definition) is 8. The maximum Gasteiger partial charge on any atom is 0.237 e. The fourth-order valence-corrected chi connectivity index (χ4v) is 9.58.